The molecule has 0 aromatic heterocycles. The lowest BCUT2D eigenvalue weighted by molar-refractivity contribution is -0.118. The molecule has 6 nitrogen and oxygen atoms in total. The predicted molar refractivity (Wildman–Crippen MR) is 105 cm³/mol. The fourth-order valence-electron chi connectivity index (χ4n) is 2.41. The summed E-state index contributed by atoms with van der Waals surface area (Å²) < 4.78 is 11.8. The molecule has 0 bridgehead atoms. The van der Waals surface area contributed by atoms with Crippen molar-refractivity contribution >= 4 is 33.7 Å². The van der Waals surface area contributed by atoms with E-state index in [2.05, 4.69) is 26.4 Å². The number of ether oxygens (including phenoxy) is 2. The Morgan fingerprint density at radius 1 is 1.27 bits per heavy atom. The Morgan fingerprint density at radius 2 is 2.04 bits per heavy atom. The van der Waals surface area contributed by atoms with Crippen LogP contribution in [0.1, 0.15) is 23.6 Å². The zero-order valence-electron chi connectivity index (χ0n) is 14.9. The first-order chi connectivity index (χ1) is 12.4. The Bertz CT molecular complexity index is 821. The van der Waals surface area contributed by atoms with Crippen molar-refractivity contribution in [2.24, 2.45) is 5.16 Å². The van der Waals surface area contributed by atoms with Crippen LogP contribution in [0, 0.1) is 13.8 Å². The Morgan fingerprint density at radius 3 is 2.69 bits per heavy atom. The average molecular weight is 421 g/mol. The van der Waals surface area contributed by atoms with Crippen LogP contribution < -0.4 is 14.8 Å². The summed E-state index contributed by atoms with van der Waals surface area (Å²) in [6.45, 7) is 6.04. The van der Waals surface area contributed by atoms with E-state index in [1.54, 1.807) is 12.1 Å². The average Bonchev–Trinajstić information content (AvgIpc) is 2.57. The lowest BCUT2D eigenvalue weighted by Gasteiger charge is -2.15. The van der Waals surface area contributed by atoms with E-state index >= 15 is 0 Å². The van der Waals surface area contributed by atoms with E-state index < -0.39 is 0 Å². The first-order valence-electron chi connectivity index (χ1n) is 8.08. The van der Waals surface area contributed by atoms with Gasteiger partial charge in [0.25, 0.3) is 5.91 Å². The molecule has 0 spiro atoms. The number of amides is 1. The van der Waals surface area contributed by atoms with Gasteiger partial charge in [-0.25, -0.2) is 0 Å². The minimum Gasteiger partial charge on any atom is -0.490 e. The number of halogens is 1. The molecule has 0 heterocycles. The Balaban J connectivity index is 2.11. The van der Waals surface area contributed by atoms with Crippen molar-refractivity contribution in [2.75, 3.05) is 18.5 Å². The van der Waals surface area contributed by atoms with Gasteiger partial charge in [0.1, 0.15) is 0 Å². The molecular weight excluding hydrogens is 400 g/mol. The molecule has 26 heavy (non-hydrogen) atoms. The Labute approximate surface area is 160 Å². The number of hydrogen-bond acceptors (Lipinski definition) is 5. The van der Waals surface area contributed by atoms with Gasteiger partial charge in [-0.15, -0.1) is 0 Å². The number of carbonyl (C=O) groups is 1. The summed E-state index contributed by atoms with van der Waals surface area (Å²) in [5.74, 6) is 0.598. The first-order valence-corrected chi connectivity index (χ1v) is 8.87. The molecule has 2 rings (SSSR count). The van der Waals surface area contributed by atoms with Crippen molar-refractivity contribution < 1.29 is 19.5 Å². The highest BCUT2D eigenvalue weighted by Crippen LogP contribution is 2.36. The summed E-state index contributed by atoms with van der Waals surface area (Å²) in [4.78, 5) is 12.2. The number of anilines is 1. The van der Waals surface area contributed by atoms with Gasteiger partial charge in [0.15, 0.2) is 18.1 Å². The topological polar surface area (TPSA) is 80.2 Å². The third kappa shape index (κ3) is 5.23. The molecule has 1 amide bonds. The number of nitrogens with zero attached hydrogens (tertiary/aromatic N) is 1. The quantitative estimate of drug-likeness (QED) is 0.397. The fourth-order valence-corrected chi connectivity index (χ4v) is 2.98. The molecule has 2 aromatic rings. The van der Waals surface area contributed by atoms with Crippen LogP contribution in [0.5, 0.6) is 11.5 Å². The molecule has 0 aliphatic rings. The Kier molecular flexibility index (Phi) is 7.03. The standard InChI is InChI=1S/C19H21BrN2O4/c1-4-25-17-9-14(10-21-24)8-15(20)19(17)26-11-18(23)22-16-6-5-12(2)7-13(16)3/h5-10,24H,4,11H2,1-3H3,(H,22,23)/b21-10+. The third-order valence-corrected chi connectivity index (χ3v) is 4.13. The molecule has 138 valence electrons. The van der Waals surface area contributed by atoms with Crippen LogP contribution in [-0.2, 0) is 4.79 Å². The number of nitrogens with one attached hydrogen (secondary N) is 1. The molecule has 0 saturated heterocycles. The van der Waals surface area contributed by atoms with Crippen LogP contribution in [0.25, 0.3) is 0 Å². The van der Waals surface area contributed by atoms with Crippen molar-refractivity contribution in [3.05, 3.63) is 51.5 Å². The summed E-state index contributed by atoms with van der Waals surface area (Å²) in [5, 5.41) is 14.5. The minimum atomic E-state index is -0.271. The molecule has 0 unspecified atom stereocenters. The molecule has 0 saturated carbocycles. The van der Waals surface area contributed by atoms with Gasteiger partial charge in [-0.3, -0.25) is 4.79 Å². The number of hydrogen-bond donors (Lipinski definition) is 2. The third-order valence-electron chi connectivity index (χ3n) is 3.54. The van der Waals surface area contributed by atoms with Crippen LogP contribution in [0.2, 0.25) is 0 Å². The molecule has 0 atom stereocenters. The van der Waals surface area contributed by atoms with Crippen LogP contribution >= 0.6 is 15.9 Å². The molecule has 0 aliphatic heterocycles. The highest BCUT2D eigenvalue weighted by Gasteiger charge is 2.14. The van der Waals surface area contributed by atoms with Gasteiger partial charge in [-0.05, 0) is 60.5 Å². The lowest BCUT2D eigenvalue weighted by atomic mass is 10.1. The van der Waals surface area contributed by atoms with Crippen molar-refractivity contribution in [1.82, 2.24) is 0 Å². The summed E-state index contributed by atoms with van der Waals surface area (Å²) in [6.07, 6.45) is 1.28. The summed E-state index contributed by atoms with van der Waals surface area (Å²) >= 11 is 3.39. The number of carbonyl (C=O) groups excluding carboxylic acids is 1. The van der Waals surface area contributed by atoms with Crippen molar-refractivity contribution in [1.29, 1.82) is 0 Å². The fraction of sp³-hybridized carbons (Fsp3) is 0.263. The second-order valence-electron chi connectivity index (χ2n) is 5.66. The first kappa shape index (κ1) is 19.8. The second kappa shape index (κ2) is 9.24. The Hall–Kier alpha value is -2.54. The lowest BCUT2D eigenvalue weighted by Crippen LogP contribution is -2.21. The van der Waals surface area contributed by atoms with Gasteiger partial charge in [0.2, 0.25) is 0 Å². The van der Waals surface area contributed by atoms with Crippen molar-refractivity contribution in [3.63, 3.8) is 0 Å². The monoisotopic (exact) mass is 420 g/mol. The predicted octanol–water partition coefficient (Wildman–Crippen LogP) is 4.29. The molecular formula is C19H21BrN2O4. The van der Waals surface area contributed by atoms with E-state index in [1.807, 2.05) is 39.0 Å². The van der Waals surface area contributed by atoms with E-state index in [9.17, 15) is 4.79 Å². The molecule has 0 fully saturated rings. The van der Waals surface area contributed by atoms with Crippen LogP contribution in [0.4, 0.5) is 5.69 Å². The molecule has 7 heteroatoms. The number of rotatable bonds is 7. The van der Waals surface area contributed by atoms with Gasteiger partial charge >= 0.3 is 0 Å². The minimum absolute atomic E-state index is 0.167. The molecule has 2 aromatic carbocycles. The largest absolute Gasteiger partial charge is 0.490 e. The van der Waals surface area contributed by atoms with Gasteiger partial charge in [0, 0.05) is 11.3 Å². The van der Waals surface area contributed by atoms with Gasteiger partial charge < -0.3 is 20.0 Å². The summed E-state index contributed by atoms with van der Waals surface area (Å²) in [5.41, 5.74) is 3.51. The molecule has 2 N–H and O–H groups in total. The van der Waals surface area contributed by atoms with E-state index in [-0.39, 0.29) is 12.5 Å². The summed E-state index contributed by atoms with van der Waals surface area (Å²) in [6, 6.07) is 9.19. The zero-order chi connectivity index (χ0) is 19.1. The summed E-state index contributed by atoms with van der Waals surface area (Å²) in [7, 11) is 0. The number of aryl methyl sites for hydroxylation is 2. The molecule has 0 radical (unpaired) electrons. The van der Waals surface area contributed by atoms with E-state index in [4.69, 9.17) is 14.7 Å². The van der Waals surface area contributed by atoms with Gasteiger partial charge in [-0.1, -0.05) is 22.9 Å². The van der Waals surface area contributed by atoms with Gasteiger partial charge in [-0.2, -0.15) is 0 Å². The number of benzene rings is 2. The maximum atomic E-state index is 12.2. The number of oxime groups is 1. The highest BCUT2D eigenvalue weighted by molar-refractivity contribution is 9.10. The maximum absolute atomic E-state index is 12.2. The van der Waals surface area contributed by atoms with E-state index in [1.165, 1.54) is 6.21 Å². The zero-order valence-corrected chi connectivity index (χ0v) is 16.5. The van der Waals surface area contributed by atoms with Gasteiger partial charge in [0.05, 0.1) is 17.3 Å². The maximum Gasteiger partial charge on any atom is 0.262 e. The van der Waals surface area contributed by atoms with Crippen LogP contribution in [-0.4, -0.2) is 30.5 Å². The normalized spacial score (nSPS) is 10.8. The van der Waals surface area contributed by atoms with Crippen LogP contribution in [0.3, 0.4) is 0 Å². The molecule has 0 aliphatic carbocycles. The van der Waals surface area contributed by atoms with Crippen molar-refractivity contribution in [2.45, 2.75) is 20.8 Å². The second-order valence-corrected chi connectivity index (χ2v) is 6.52. The highest BCUT2D eigenvalue weighted by atomic mass is 79.9. The van der Waals surface area contributed by atoms with Crippen LogP contribution in [0.15, 0.2) is 40.0 Å². The SMILES string of the molecule is CCOc1cc(/C=N/O)cc(Br)c1OCC(=O)Nc1ccc(C)cc1C. The smallest absolute Gasteiger partial charge is 0.262 e. The van der Waals surface area contributed by atoms with Crippen molar-refractivity contribution in [3.8, 4) is 11.5 Å². The van der Waals surface area contributed by atoms with E-state index in [0.717, 1.165) is 16.8 Å². The van der Waals surface area contributed by atoms with E-state index in [0.29, 0.717) is 28.1 Å².